The van der Waals surface area contributed by atoms with Crippen LogP contribution in [0.3, 0.4) is 0 Å². The topological polar surface area (TPSA) is 52.8 Å². The van der Waals surface area contributed by atoms with Crippen molar-refractivity contribution in [2.45, 2.75) is 6.92 Å². The minimum absolute atomic E-state index is 0.322. The normalized spacial score (nSPS) is 12.1. The average Bonchev–Trinajstić information content (AvgIpc) is 2.64. The molecule has 0 aromatic heterocycles. The molecule has 1 aliphatic heterocycles. The molecule has 1 heterocycles. The molecule has 0 saturated heterocycles. The number of ether oxygens (including phenoxy) is 1. The first-order chi connectivity index (χ1) is 6.81. The van der Waals surface area contributed by atoms with Gasteiger partial charge in [0.2, 0.25) is 0 Å². The number of fused-ring (bicyclic) bond motifs is 1. The van der Waals surface area contributed by atoms with E-state index in [0.29, 0.717) is 12.2 Å². The minimum atomic E-state index is -0.322. The molecule has 1 aromatic rings. The first-order valence-corrected chi connectivity index (χ1v) is 4.36. The van der Waals surface area contributed by atoms with Crippen LogP contribution in [0.25, 0.3) is 0 Å². The van der Waals surface area contributed by atoms with Gasteiger partial charge < -0.3 is 4.74 Å². The first-order valence-electron chi connectivity index (χ1n) is 4.36. The van der Waals surface area contributed by atoms with Crippen LogP contribution in [0.15, 0.2) is 23.2 Å². The largest absolute Gasteiger partial charge is 0.462 e. The van der Waals surface area contributed by atoms with Crippen molar-refractivity contribution in [2.75, 3.05) is 6.61 Å². The second-order valence-electron chi connectivity index (χ2n) is 2.80. The van der Waals surface area contributed by atoms with Crippen molar-refractivity contribution < 1.29 is 9.53 Å². The van der Waals surface area contributed by atoms with Crippen LogP contribution < -0.4 is 5.32 Å². The van der Waals surface area contributed by atoms with Crippen molar-refractivity contribution in [3.05, 3.63) is 23.8 Å². The first kappa shape index (κ1) is 8.74. The van der Waals surface area contributed by atoms with Crippen molar-refractivity contribution in [3.8, 4) is 0 Å². The Hall–Kier alpha value is -1.84. The van der Waals surface area contributed by atoms with Crippen LogP contribution in [-0.4, -0.2) is 18.9 Å². The summed E-state index contributed by atoms with van der Waals surface area (Å²) in [5.74, 6) is -0.322. The van der Waals surface area contributed by atoms with Crippen LogP contribution >= 0.6 is 0 Å². The molecule has 1 aromatic carbocycles. The number of aliphatic imine (C=N–C) groups is 1. The zero-order chi connectivity index (χ0) is 9.97. The van der Waals surface area contributed by atoms with E-state index in [1.807, 2.05) is 0 Å². The van der Waals surface area contributed by atoms with Gasteiger partial charge in [0, 0.05) is 0 Å². The second kappa shape index (κ2) is 3.49. The fourth-order valence-corrected chi connectivity index (χ4v) is 1.23. The smallest absolute Gasteiger partial charge is 0.338 e. The molecular weight excluding hydrogens is 180 g/mol. The van der Waals surface area contributed by atoms with E-state index in [9.17, 15) is 4.79 Å². The van der Waals surface area contributed by atoms with E-state index in [0.717, 1.165) is 11.4 Å². The number of rotatable bonds is 2. The molecule has 2 rings (SSSR count). The van der Waals surface area contributed by atoms with Gasteiger partial charge in [0.1, 0.15) is 6.34 Å². The van der Waals surface area contributed by atoms with Gasteiger partial charge in [-0.25, -0.2) is 15.1 Å². The molecule has 71 valence electrons. The third kappa shape index (κ3) is 1.46. The molecule has 1 aliphatic rings. The van der Waals surface area contributed by atoms with Gasteiger partial charge in [-0.2, -0.15) is 0 Å². The molecule has 14 heavy (non-hydrogen) atoms. The quantitative estimate of drug-likeness (QED) is 0.666. The van der Waals surface area contributed by atoms with Crippen LogP contribution in [0.4, 0.5) is 11.4 Å². The van der Waals surface area contributed by atoms with Crippen LogP contribution in [0.2, 0.25) is 0 Å². The number of hydrogen-bond acceptors (Lipinski definition) is 3. The van der Waals surface area contributed by atoms with Crippen LogP contribution in [-0.2, 0) is 4.74 Å². The maximum absolute atomic E-state index is 11.3. The van der Waals surface area contributed by atoms with Crippen molar-refractivity contribution in [1.29, 1.82) is 0 Å². The molecule has 0 amide bonds. The molecule has 0 saturated carbocycles. The lowest BCUT2D eigenvalue weighted by atomic mass is 10.2. The average molecular weight is 189 g/mol. The molecule has 0 spiro atoms. The lowest BCUT2D eigenvalue weighted by Gasteiger charge is -2.02. The van der Waals surface area contributed by atoms with Gasteiger partial charge >= 0.3 is 5.97 Å². The van der Waals surface area contributed by atoms with E-state index < -0.39 is 0 Å². The number of carbonyl (C=O) groups is 1. The number of carbonyl (C=O) groups excluding carboxylic acids is 1. The highest BCUT2D eigenvalue weighted by molar-refractivity contribution is 5.93. The Morgan fingerprint density at radius 1 is 1.43 bits per heavy atom. The number of nitrogens with zero attached hydrogens (tertiary/aromatic N) is 2. The fraction of sp³-hybridized carbons (Fsp3) is 0.200. The predicted octanol–water partition coefficient (Wildman–Crippen LogP) is 1.77. The molecular formula is C10H9N2O2. The molecule has 1 radical (unpaired) electrons. The van der Waals surface area contributed by atoms with Crippen LogP contribution in [0.1, 0.15) is 17.3 Å². The van der Waals surface area contributed by atoms with Gasteiger partial charge in [0.15, 0.2) is 0 Å². The molecule has 0 atom stereocenters. The van der Waals surface area contributed by atoms with Gasteiger partial charge in [0.05, 0.1) is 23.5 Å². The number of hydrogen-bond donors (Lipinski definition) is 0. The molecule has 0 bridgehead atoms. The molecule has 4 nitrogen and oxygen atoms in total. The maximum Gasteiger partial charge on any atom is 0.338 e. The Bertz CT molecular complexity index is 399. The summed E-state index contributed by atoms with van der Waals surface area (Å²) >= 11 is 0. The predicted molar refractivity (Wildman–Crippen MR) is 52.3 cm³/mol. The monoisotopic (exact) mass is 189 g/mol. The Balaban J connectivity index is 2.26. The summed E-state index contributed by atoms with van der Waals surface area (Å²) in [4.78, 5) is 15.3. The summed E-state index contributed by atoms with van der Waals surface area (Å²) in [5, 5.41) is 4.00. The van der Waals surface area contributed by atoms with E-state index in [-0.39, 0.29) is 5.97 Å². The highest BCUT2D eigenvalue weighted by Crippen LogP contribution is 2.29. The minimum Gasteiger partial charge on any atom is -0.462 e. The summed E-state index contributed by atoms with van der Waals surface area (Å²) in [6.45, 7) is 2.16. The number of benzene rings is 1. The summed E-state index contributed by atoms with van der Waals surface area (Å²) in [6.07, 6.45) is 1.47. The Morgan fingerprint density at radius 3 is 3.07 bits per heavy atom. The Kier molecular flexibility index (Phi) is 2.18. The molecule has 0 aliphatic carbocycles. The van der Waals surface area contributed by atoms with Gasteiger partial charge in [-0.1, -0.05) is 0 Å². The zero-order valence-corrected chi connectivity index (χ0v) is 7.73. The summed E-state index contributed by atoms with van der Waals surface area (Å²) in [5.41, 5.74) is 2.02. The zero-order valence-electron chi connectivity index (χ0n) is 7.73. The van der Waals surface area contributed by atoms with E-state index in [1.54, 1.807) is 25.1 Å². The maximum atomic E-state index is 11.3. The van der Waals surface area contributed by atoms with E-state index in [4.69, 9.17) is 4.74 Å². The fourth-order valence-electron chi connectivity index (χ4n) is 1.23. The van der Waals surface area contributed by atoms with Crippen LogP contribution in [0, 0.1) is 0 Å². The third-order valence-electron chi connectivity index (χ3n) is 1.88. The summed E-state index contributed by atoms with van der Waals surface area (Å²) < 4.78 is 4.87. The van der Waals surface area contributed by atoms with E-state index in [2.05, 4.69) is 10.3 Å². The lowest BCUT2D eigenvalue weighted by molar-refractivity contribution is 0.0526. The van der Waals surface area contributed by atoms with Crippen LogP contribution in [0.5, 0.6) is 0 Å². The molecule has 0 fully saturated rings. The Morgan fingerprint density at radius 2 is 2.29 bits per heavy atom. The highest BCUT2D eigenvalue weighted by Gasteiger charge is 2.12. The van der Waals surface area contributed by atoms with E-state index in [1.165, 1.54) is 6.34 Å². The van der Waals surface area contributed by atoms with Gasteiger partial charge in [-0.3, -0.25) is 0 Å². The second-order valence-corrected chi connectivity index (χ2v) is 2.80. The van der Waals surface area contributed by atoms with Gasteiger partial charge in [-0.05, 0) is 25.1 Å². The lowest BCUT2D eigenvalue weighted by Crippen LogP contribution is -2.04. The van der Waals surface area contributed by atoms with Gasteiger partial charge in [0.25, 0.3) is 0 Å². The van der Waals surface area contributed by atoms with Gasteiger partial charge in [-0.15, -0.1) is 0 Å². The van der Waals surface area contributed by atoms with Crippen molar-refractivity contribution >= 4 is 23.7 Å². The standard InChI is InChI=1S/C10H9N2O2/c1-2-14-10(13)7-3-4-8-9(5-7)12-6-11-8/h3-6H,2H2,1H3. The van der Waals surface area contributed by atoms with E-state index >= 15 is 0 Å². The molecule has 0 unspecified atom stereocenters. The Labute approximate surface area is 81.6 Å². The molecule has 0 N–H and O–H groups in total. The summed E-state index contributed by atoms with van der Waals surface area (Å²) in [6, 6.07) is 5.13. The van der Waals surface area contributed by atoms with Crippen molar-refractivity contribution in [1.82, 2.24) is 5.32 Å². The summed E-state index contributed by atoms with van der Waals surface area (Å²) in [7, 11) is 0. The highest BCUT2D eigenvalue weighted by atomic mass is 16.5. The van der Waals surface area contributed by atoms with Crippen molar-refractivity contribution in [3.63, 3.8) is 0 Å². The number of esters is 1. The SMILES string of the molecule is CCOC(=O)c1ccc2c(c1)[N]C=N2. The third-order valence-corrected chi connectivity index (χ3v) is 1.88. The van der Waals surface area contributed by atoms with Crippen molar-refractivity contribution in [2.24, 2.45) is 4.99 Å². The molecule has 4 heteroatoms.